The second-order valence-electron chi connectivity index (χ2n) is 19.1. The van der Waals surface area contributed by atoms with Gasteiger partial charge in [-0.15, -0.1) is 0 Å². The first-order chi connectivity index (χ1) is 33.7. The number of unbranched alkanes of at least 4 members (excludes halogenated alkanes) is 1. The maximum absolute atomic E-state index is 12.5. The number of benzene rings is 4. The summed E-state index contributed by atoms with van der Waals surface area (Å²) in [6.45, 7) is 17.1. The van der Waals surface area contributed by atoms with E-state index in [1.807, 2.05) is 19.2 Å². The van der Waals surface area contributed by atoms with E-state index in [4.69, 9.17) is 42.9 Å². The van der Waals surface area contributed by atoms with Crippen molar-refractivity contribution in [1.82, 2.24) is 0 Å². The first-order valence-electron chi connectivity index (χ1n) is 24.5. The summed E-state index contributed by atoms with van der Waals surface area (Å²) in [5.41, 5.74) is 5.08. The van der Waals surface area contributed by atoms with Crippen LogP contribution in [0.4, 0.5) is 17.1 Å². The summed E-state index contributed by atoms with van der Waals surface area (Å²) in [6, 6.07) is 27.5. The number of hydrogen-bond donors (Lipinski definition) is 0. The zero-order valence-corrected chi connectivity index (χ0v) is 42.1. The van der Waals surface area contributed by atoms with E-state index in [9.17, 15) is 19.2 Å². The molecule has 0 N–H and O–H groups in total. The Hall–Kier alpha value is -6.03. The van der Waals surface area contributed by atoms with E-state index in [1.165, 1.54) is 11.3 Å². The van der Waals surface area contributed by atoms with Crippen LogP contribution in [-0.4, -0.2) is 122 Å². The van der Waals surface area contributed by atoms with Gasteiger partial charge in [0.05, 0.1) is 64.1 Å². The molecule has 0 amide bonds. The first kappa shape index (κ1) is 53.3. The number of carbonyl (C=O) groups is 4. The van der Waals surface area contributed by atoms with Crippen molar-refractivity contribution in [2.75, 3.05) is 96.0 Å². The Morgan fingerprint density at radius 2 is 1.21 bits per heavy atom. The molecule has 2 aliphatic heterocycles. The number of anilines is 2. The molecule has 2 aliphatic rings. The molecule has 15 nitrogen and oxygen atoms in total. The highest BCUT2D eigenvalue weighted by molar-refractivity contribution is 6.05. The quantitative estimate of drug-likeness (QED) is 0.0316. The summed E-state index contributed by atoms with van der Waals surface area (Å²) < 4.78 is 43.7. The number of esters is 4. The van der Waals surface area contributed by atoms with Gasteiger partial charge in [0.2, 0.25) is 5.72 Å². The molecule has 4 aromatic carbocycles. The van der Waals surface area contributed by atoms with E-state index in [0.29, 0.717) is 45.8 Å². The van der Waals surface area contributed by atoms with Crippen LogP contribution in [0.5, 0.6) is 5.75 Å². The normalized spacial score (nSPS) is 15.6. The van der Waals surface area contributed by atoms with E-state index >= 15 is 0 Å². The Morgan fingerprint density at radius 1 is 0.671 bits per heavy atom. The highest BCUT2D eigenvalue weighted by atomic mass is 16.6. The van der Waals surface area contributed by atoms with E-state index in [2.05, 4.69) is 117 Å². The first-order valence-corrected chi connectivity index (χ1v) is 24.5. The molecule has 70 heavy (non-hydrogen) atoms. The third-order valence-electron chi connectivity index (χ3n) is 12.4. The fraction of sp³-hybridized carbons (Fsp3) is 0.509. The lowest BCUT2D eigenvalue weighted by Crippen LogP contribution is -2.63. The predicted molar refractivity (Wildman–Crippen MR) is 270 cm³/mol. The van der Waals surface area contributed by atoms with Gasteiger partial charge >= 0.3 is 23.9 Å². The molecule has 0 fully saturated rings. The monoisotopic (exact) mass is 966 g/mol. The topological polar surface area (TPSA) is 161 Å². The van der Waals surface area contributed by atoms with Gasteiger partial charge in [-0.1, -0.05) is 75.4 Å². The molecule has 378 valence electrons. The lowest BCUT2D eigenvalue weighted by atomic mass is 9.77. The number of aliphatic imine (C=N–C) groups is 1. The van der Waals surface area contributed by atoms with E-state index in [1.54, 1.807) is 7.11 Å². The number of para-hydroxylation sites is 1. The molecule has 4 aromatic rings. The second-order valence-corrected chi connectivity index (χ2v) is 19.1. The minimum absolute atomic E-state index is 0.00193. The number of fused-ring (bicyclic) bond motifs is 4. The van der Waals surface area contributed by atoms with Gasteiger partial charge in [-0.05, 0) is 85.4 Å². The lowest BCUT2D eigenvalue weighted by Gasteiger charge is -2.48. The standard InChI is InChI=1S/C55H71N3O12/c1-8-57(27-28-66-50(61)25-26-51(62)69-36-33-65-32-35-68-49(60)20-14-13-19-48(59)67-34-31-64-30-29-63-7)41-23-21-40(22-24-41)44-37-46-52(43-16-10-9-15-42(43)44)70-55(38-56-46)54(5,6)45-17-11-12-18-47(45)58(55)39-53(2,3)4/h9-12,15-18,21-24,37-38H,8,13-14,19-20,25-36,39H2,1-7H3. The van der Waals surface area contributed by atoms with Crippen molar-refractivity contribution in [3.63, 3.8) is 0 Å². The Morgan fingerprint density at radius 3 is 1.80 bits per heavy atom. The molecule has 0 aliphatic carbocycles. The smallest absolute Gasteiger partial charge is 0.306 e. The number of methoxy groups -OCH3 is 1. The number of hydrogen-bond acceptors (Lipinski definition) is 15. The third-order valence-corrected chi connectivity index (χ3v) is 12.4. The van der Waals surface area contributed by atoms with Crippen LogP contribution in [0.3, 0.4) is 0 Å². The van der Waals surface area contributed by atoms with Crippen molar-refractivity contribution in [1.29, 1.82) is 0 Å². The highest BCUT2D eigenvalue weighted by Gasteiger charge is 2.60. The van der Waals surface area contributed by atoms with Crippen LogP contribution >= 0.6 is 0 Å². The highest BCUT2D eigenvalue weighted by Crippen LogP contribution is 2.56. The van der Waals surface area contributed by atoms with Gasteiger partial charge in [-0.2, -0.15) is 0 Å². The molecule has 15 heteroatoms. The molecule has 1 spiro atoms. The molecular formula is C55H71N3O12. The summed E-state index contributed by atoms with van der Waals surface area (Å²) >= 11 is 0. The Bertz CT molecular complexity index is 2410. The predicted octanol–water partition coefficient (Wildman–Crippen LogP) is 9.16. The summed E-state index contributed by atoms with van der Waals surface area (Å²) in [5, 5.41) is 2.08. The molecule has 0 radical (unpaired) electrons. The number of nitrogens with zero attached hydrogens (tertiary/aromatic N) is 3. The fourth-order valence-electron chi connectivity index (χ4n) is 8.76. The van der Waals surface area contributed by atoms with Gasteiger partial charge in [-0.25, -0.2) is 0 Å². The van der Waals surface area contributed by atoms with E-state index in [-0.39, 0.29) is 76.7 Å². The van der Waals surface area contributed by atoms with Crippen molar-refractivity contribution in [3.8, 4) is 16.9 Å². The minimum atomic E-state index is -0.821. The van der Waals surface area contributed by atoms with Crippen LogP contribution in [0.25, 0.3) is 21.9 Å². The Labute approximate surface area is 412 Å². The summed E-state index contributed by atoms with van der Waals surface area (Å²) in [6.07, 6.45) is 3.18. The van der Waals surface area contributed by atoms with Crippen molar-refractivity contribution in [2.45, 2.75) is 91.2 Å². The molecule has 0 saturated heterocycles. The van der Waals surface area contributed by atoms with Crippen LogP contribution in [0.1, 0.15) is 85.6 Å². The maximum atomic E-state index is 12.5. The second kappa shape index (κ2) is 25.2. The van der Waals surface area contributed by atoms with Crippen LogP contribution in [0.2, 0.25) is 0 Å². The summed E-state index contributed by atoms with van der Waals surface area (Å²) in [4.78, 5) is 58.2. The molecule has 6 rings (SSSR count). The molecule has 0 bridgehead atoms. The number of likely N-dealkylation sites (N-methyl/N-ethyl adjacent to an activating group) is 1. The zero-order valence-electron chi connectivity index (χ0n) is 42.1. The number of ether oxygens (including phenoxy) is 8. The molecule has 1 unspecified atom stereocenters. The summed E-state index contributed by atoms with van der Waals surface area (Å²) in [5.74, 6) is -0.976. The molecule has 1 atom stereocenters. The van der Waals surface area contributed by atoms with E-state index < -0.39 is 29.0 Å². The van der Waals surface area contributed by atoms with Gasteiger partial charge in [0.1, 0.15) is 32.1 Å². The lowest BCUT2D eigenvalue weighted by molar-refractivity contribution is -0.151. The van der Waals surface area contributed by atoms with Crippen molar-refractivity contribution in [3.05, 3.63) is 84.4 Å². The van der Waals surface area contributed by atoms with Gasteiger partial charge in [0.15, 0.2) is 5.75 Å². The van der Waals surface area contributed by atoms with Gasteiger partial charge in [0, 0.05) is 49.8 Å². The Kier molecular flexibility index (Phi) is 19.2. The van der Waals surface area contributed by atoms with Crippen molar-refractivity contribution >= 4 is 57.9 Å². The van der Waals surface area contributed by atoms with Crippen molar-refractivity contribution < 1.29 is 57.1 Å². The molecular weight excluding hydrogens is 895 g/mol. The van der Waals surface area contributed by atoms with Gasteiger partial charge in [0.25, 0.3) is 0 Å². The zero-order chi connectivity index (χ0) is 50.2. The number of rotatable bonds is 27. The maximum Gasteiger partial charge on any atom is 0.306 e. The largest absolute Gasteiger partial charge is 0.464 e. The van der Waals surface area contributed by atoms with Crippen LogP contribution in [-0.2, 0) is 57.8 Å². The molecule has 0 saturated carbocycles. The van der Waals surface area contributed by atoms with Gasteiger partial charge in [-0.3, -0.25) is 24.2 Å². The average molecular weight is 966 g/mol. The fourth-order valence-corrected chi connectivity index (χ4v) is 8.76. The SMILES string of the molecule is CCN(CCOC(=O)CCC(=O)OCCOCCOC(=O)CCCCC(=O)OCCOCCOC)c1ccc(-c2cc3c(c4ccccc24)OC2(C=N3)N(CC(C)(C)C)c3ccccc3C2(C)C)cc1. The van der Waals surface area contributed by atoms with Crippen LogP contribution in [0.15, 0.2) is 83.9 Å². The van der Waals surface area contributed by atoms with Gasteiger partial charge < -0.3 is 47.7 Å². The summed E-state index contributed by atoms with van der Waals surface area (Å²) in [7, 11) is 1.58. The third kappa shape index (κ3) is 13.8. The van der Waals surface area contributed by atoms with Crippen LogP contribution < -0.4 is 14.5 Å². The number of carbonyl (C=O) groups excluding carboxylic acids is 4. The van der Waals surface area contributed by atoms with Crippen molar-refractivity contribution in [2.24, 2.45) is 10.4 Å². The minimum Gasteiger partial charge on any atom is -0.464 e. The average Bonchev–Trinajstić information content (AvgIpc) is 3.51. The molecule has 0 aromatic heterocycles. The van der Waals surface area contributed by atoms with Crippen LogP contribution in [0, 0.1) is 5.41 Å². The molecule has 2 heterocycles. The Balaban J connectivity index is 0.900. The van der Waals surface area contributed by atoms with E-state index in [0.717, 1.165) is 45.6 Å².